The van der Waals surface area contributed by atoms with Gasteiger partial charge in [0.2, 0.25) is 0 Å². The average molecular weight is 404 g/mol. The number of aromatic amines is 1. The maximum atomic E-state index is 12.5. The standard InChI is InChI=1S/C15H11F3N2O4S2/c16-15(17,18)8-25-13-4-2-1-3-11(13)20-26(22,23)9-5-6-10-12(7-9)24-14(21)19-10/h1-7,20H,8H2,(H,19,21). The van der Waals surface area contributed by atoms with E-state index in [0.717, 1.165) is 6.07 Å². The fourth-order valence-corrected chi connectivity index (χ4v) is 4.06. The van der Waals surface area contributed by atoms with Crippen molar-refractivity contribution in [3.63, 3.8) is 0 Å². The molecule has 0 aliphatic heterocycles. The van der Waals surface area contributed by atoms with Crippen LogP contribution >= 0.6 is 11.8 Å². The third-order valence-corrected chi connectivity index (χ3v) is 5.73. The van der Waals surface area contributed by atoms with Crippen molar-refractivity contribution in [3.05, 3.63) is 53.0 Å². The van der Waals surface area contributed by atoms with E-state index in [2.05, 4.69) is 9.71 Å². The number of fused-ring (bicyclic) bond motifs is 1. The van der Waals surface area contributed by atoms with Gasteiger partial charge in [0.15, 0.2) is 5.58 Å². The summed E-state index contributed by atoms with van der Waals surface area (Å²) in [5, 5.41) is 0. The van der Waals surface area contributed by atoms with Crippen LogP contribution in [0.5, 0.6) is 0 Å². The number of aromatic nitrogens is 1. The molecule has 0 aliphatic carbocycles. The van der Waals surface area contributed by atoms with Crippen LogP contribution in [-0.2, 0) is 10.0 Å². The van der Waals surface area contributed by atoms with Crippen molar-refractivity contribution in [2.45, 2.75) is 16.0 Å². The predicted molar refractivity (Wildman–Crippen MR) is 90.9 cm³/mol. The molecule has 138 valence electrons. The molecule has 0 fully saturated rings. The Morgan fingerprint density at radius 1 is 1.15 bits per heavy atom. The molecule has 0 amide bonds. The van der Waals surface area contributed by atoms with Gasteiger partial charge in [-0.1, -0.05) is 12.1 Å². The molecule has 2 aromatic carbocycles. The van der Waals surface area contributed by atoms with E-state index < -0.39 is 27.7 Å². The molecule has 0 bridgehead atoms. The number of sulfonamides is 1. The first-order chi connectivity index (χ1) is 12.1. The first-order valence-corrected chi connectivity index (χ1v) is 9.55. The molecule has 26 heavy (non-hydrogen) atoms. The summed E-state index contributed by atoms with van der Waals surface area (Å²) in [5.74, 6) is -1.87. The Balaban J connectivity index is 1.90. The highest BCUT2D eigenvalue weighted by Gasteiger charge is 2.28. The fraction of sp³-hybridized carbons (Fsp3) is 0.133. The summed E-state index contributed by atoms with van der Waals surface area (Å²) in [5.41, 5.74) is 0.407. The second-order valence-electron chi connectivity index (χ2n) is 5.18. The van der Waals surface area contributed by atoms with Gasteiger partial charge in [-0.15, -0.1) is 11.8 Å². The molecule has 3 rings (SSSR count). The summed E-state index contributed by atoms with van der Waals surface area (Å²) in [7, 11) is -4.09. The molecular formula is C15H11F3N2O4S2. The number of hydrogen-bond donors (Lipinski definition) is 2. The lowest BCUT2D eigenvalue weighted by Gasteiger charge is -2.13. The van der Waals surface area contributed by atoms with Crippen molar-refractivity contribution in [2.24, 2.45) is 0 Å². The number of H-pyrrole nitrogens is 1. The molecule has 0 saturated heterocycles. The molecule has 6 nitrogen and oxygen atoms in total. The van der Waals surface area contributed by atoms with Crippen molar-refractivity contribution < 1.29 is 26.0 Å². The highest BCUT2D eigenvalue weighted by atomic mass is 32.2. The van der Waals surface area contributed by atoms with Gasteiger partial charge in [0.05, 0.1) is 21.9 Å². The zero-order chi connectivity index (χ0) is 18.9. The molecule has 0 saturated carbocycles. The van der Waals surface area contributed by atoms with Crippen LogP contribution in [0, 0.1) is 0 Å². The van der Waals surface area contributed by atoms with E-state index in [0.29, 0.717) is 17.3 Å². The number of anilines is 1. The summed E-state index contributed by atoms with van der Waals surface area (Å²) >= 11 is 0.479. The van der Waals surface area contributed by atoms with Crippen LogP contribution in [-0.4, -0.2) is 25.3 Å². The summed E-state index contributed by atoms with van der Waals surface area (Å²) in [4.78, 5) is 13.5. The van der Waals surface area contributed by atoms with Crippen molar-refractivity contribution in [1.82, 2.24) is 4.98 Å². The van der Waals surface area contributed by atoms with Gasteiger partial charge in [-0.05, 0) is 24.3 Å². The average Bonchev–Trinajstić information content (AvgIpc) is 2.92. The van der Waals surface area contributed by atoms with Crippen molar-refractivity contribution in [3.8, 4) is 0 Å². The SMILES string of the molecule is O=c1[nH]c2ccc(S(=O)(=O)Nc3ccccc3SCC(F)(F)F)cc2o1. The molecule has 0 radical (unpaired) electrons. The number of oxazole rings is 1. The number of benzene rings is 2. The number of hydrogen-bond acceptors (Lipinski definition) is 5. The monoisotopic (exact) mass is 404 g/mol. The van der Waals surface area contributed by atoms with Crippen molar-refractivity contribution in [2.75, 3.05) is 10.5 Å². The molecule has 0 atom stereocenters. The summed E-state index contributed by atoms with van der Waals surface area (Å²) in [6, 6.07) is 9.54. The zero-order valence-corrected chi connectivity index (χ0v) is 14.5. The highest BCUT2D eigenvalue weighted by Crippen LogP contribution is 2.33. The number of alkyl halides is 3. The first kappa shape index (κ1) is 18.4. The zero-order valence-electron chi connectivity index (χ0n) is 12.8. The van der Waals surface area contributed by atoms with Crippen LogP contribution in [0.2, 0.25) is 0 Å². The number of halogens is 3. The Labute approximate surface area is 149 Å². The second-order valence-corrected chi connectivity index (χ2v) is 7.88. The third kappa shape index (κ3) is 4.22. The van der Waals surface area contributed by atoms with Gasteiger partial charge in [0.1, 0.15) is 0 Å². The minimum absolute atomic E-state index is 0.0253. The molecule has 1 aromatic heterocycles. The maximum Gasteiger partial charge on any atom is 0.417 e. The fourth-order valence-electron chi connectivity index (χ4n) is 2.13. The Morgan fingerprint density at radius 3 is 2.62 bits per heavy atom. The summed E-state index contributed by atoms with van der Waals surface area (Å²) in [6.45, 7) is 0. The number of rotatable bonds is 5. The molecule has 0 spiro atoms. The minimum atomic E-state index is -4.38. The Hall–Kier alpha value is -2.40. The smallest absolute Gasteiger partial charge is 0.408 e. The van der Waals surface area contributed by atoms with Gasteiger partial charge in [-0.3, -0.25) is 9.71 Å². The minimum Gasteiger partial charge on any atom is -0.408 e. The van der Waals surface area contributed by atoms with E-state index in [1.165, 1.54) is 36.4 Å². The van der Waals surface area contributed by atoms with Gasteiger partial charge in [0.25, 0.3) is 10.0 Å². The Morgan fingerprint density at radius 2 is 1.88 bits per heavy atom. The normalized spacial score (nSPS) is 12.4. The number of thioether (sulfide) groups is 1. The van der Waals surface area contributed by atoms with Gasteiger partial charge >= 0.3 is 11.9 Å². The molecular weight excluding hydrogens is 393 g/mol. The third-order valence-electron chi connectivity index (χ3n) is 3.23. The molecule has 2 N–H and O–H groups in total. The van der Waals surface area contributed by atoms with E-state index in [1.54, 1.807) is 0 Å². The van der Waals surface area contributed by atoms with Crippen molar-refractivity contribution in [1.29, 1.82) is 0 Å². The van der Waals surface area contributed by atoms with E-state index in [9.17, 15) is 26.4 Å². The van der Waals surface area contributed by atoms with Gasteiger partial charge in [-0.25, -0.2) is 13.2 Å². The molecule has 0 unspecified atom stereocenters. The topological polar surface area (TPSA) is 92.2 Å². The number of nitrogens with one attached hydrogen (secondary N) is 2. The van der Waals surface area contributed by atoms with Crippen LogP contribution in [0.15, 0.2) is 61.5 Å². The first-order valence-electron chi connectivity index (χ1n) is 7.08. The van der Waals surface area contributed by atoms with Crippen LogP contribution in [0.25, 0.3) is 11.1 Å². The van der Waals surface area contributed by atoms with Crippen LogP contribution in [0.4, 0.5) is 18.9 Å². The maximum absolute atomic E-state index is 12.5. The molecule has 3 aromatic rings. The van der Waals surface area contributed by atoms with Crippen LogP contribution < -0.4 is 10.5 Å². The molecule has 1 heterocycles. The number of para-hydroxylation sites is 1. The van der Waals surface area contributed by atoms with Gasteiger partial charge in [-0.2, -0.15) is 13.2 Å². The van der Waals surface area contributed by atoms with E-state index in [1.807, 2.05) is 0 Å². The molecule has 0 aliphatic rings. The quantitative estimate of drug-likeness (QED) is 0.634. The summed E-state index contributed by atoms with van der Waals surface area (Å²) < 4.78 is 69.4. The highest BCUT2D eigenvalue weighted by molar-refractivity contribution is 7.99. The Kier molecular flexibility index (Phi) is 4.76. The van der Waals surface area contributed by atoms with Crippen molar-refractivity contribution >= 4 is 38.6 Å². The van der Waals surface area contributed by atoms with E-state index >= 15 is 0 Å². The summed E-state index contributed by atoms with van der Waals surface area (Å²) in [6.07, 6.45) is -4.38. The van der Waals surface area contributed by atoms with Crippen LogP contribution in [0.3, 0.4) is 0 Å². The second kappa shape index (κ2) is 6.72. The lowest BCUT2D eigenvalue weighted by Crippen LogP contribution is -2.14. The lowest BCUT2D eigenvalue weighted by atomic mass is 10.3. The largest absolute Gasteiger partial charge is 0.417 e. The van der Waals surface area contributed by atoms with E-state index in [4.69, 9.17) is 4.42 Å². The van der Waals surface area contributed by atoms with Gasteiger partial charge < -0.3 is 4.42 Å². The van der Waals surface area contributed by atoms with Gasteiger partial charge in [0, 0.05) is 11.0 Å². The van der Waals surface area contributed by atoms with E-state index in [-0.39, 0.29) is 21.1 Å². The van der Waals surface area contributed by atoms with Crippen LogP contribution in [0.1, 0.15) is 0 Å². The molecule has 11 heteroatoms. The lowest BCUT2D eigenvalue weighted by molar-refractivity contribution is -0.105. The predicted octanol–water partition coefficient (Wildman–Crippen LogP) is 3.58. The Bertz CT molecular complexity index is 1100.